The van der Waals surface area contributed by atoms with E-state index in [1.165, 1.54) is 5.69 Å². The van der Waals surface area contributed by atoms with E-state index in [9.17, 15) is 4.79 Å². The lowest BCUT2D eigenvalue weighted by atomic mass is 9.95. The van der Waals surface area contributed by atoms with Gasteiger partial charge < -0.3 is 15.1 Å². The summed E-state index contributed by atoms with van der Waals surface area (Å²) >= 11 is 0. The van der Waals surface area contributed by atoms with Crippen LogP contribution in [0.3, 0.4) is 0 Å². The predicted molar refractivity (Wildman–Crippen MR) is 109 cm³/mol. The maximum absolute atomic E-state index is 12.7. The molecule has 1 unspecified atom stereocenters. The molecule has 4 heteroatoms. The third kappa shape index (κ3) is 4.44. The number of anilines is 2. The smallest absolute Gasteiger partial charge is 0.231 e. The number of nitrogens with zero attached hydrogens (tertiary/aromatic N) is 2. The van der Waals surface area contributed by atoms with Gasteiger partial charge in [-0.1, -0.05) is 44.2 Å². The fourth-order valence-electron chi connectivity index (χ4n) is 3.57. The molecule has 0 aliphatic carbocycles. The number of amides is 1. The molecule has 0 aromatic heterocycles. The Balaban J connectivity index is 1.61. The van der Waals surface area contributed by atoms with Crippen LogP contribution in [0.4, 0.5) is 11.4 Å². The molecule has 2 aromatic carbocycles. The van der Waals surface area contributed by atoms with Gasteiger partial charge in [-0.25, -0.2) is 0 Å². The monoisotopic (exact) mass is 351 g/mol. The lowest BCUT2D eigenvalue weighted by Gasteiger charge is -2.35. The summed E-state index contributed by atoms with van der Waals surface area (Å²) in [5.74, 6) is -0.0546. The fraction of sp³-hybridized carbons (Fsp3) is 0.409. The van der Waals surface area contributed by atoms with Crippen molar-refractivity contribution < 1.29 is 4.79 Å². The van der Waals surface area contributed by atoms with Crippen molar-refractivity contribution in [3.63, 3.8) is 0 Å². The minimum absolute atomic E-state index is 0.0583. The highest BCUT2D eigenvalue weighted by atomic mass is 16.1. The number of hydrogen-bond acceptors (Lipinski definition) is 3. The van der Waals surface area contributed by atoms with E-state index in [1.54, 1.807) is 0 Å². The molecule has 1 atom stereocenters. The molecule has 0 bridgehead atoms. The molecule has 1 fully saturated rings. The summed E-state index contributed by atoms with van der Waals surface area (Å²) in [6.45, 7) is 9.74. The van der Waals surface area contributed by atoms with E-state index in [4.69, 9.17) is 0 Å². The van der Waals surface area contributed by atoms with Crippen LogP contribution >= 0.6 is 0 Å². The number of piperazine rings is 1. The van der Waals surface area contributed by atoms with Crippen LogP contribution in [0.25, 0.3) is 0 Å². The summed E-state index contributed by atoms with van der Waals surface area (Å²) in [7, 11) is 0. The summed E-state index contributed by atoms with van der Waals surface area (Å²) < 4.78 is 0. The zero-order valence-corrected chi connectivity index (χ0v) is 15.8. The fourth-order valence-corrected chi connectivity index (χ4v) is 3.57. The lowest BCUT2D eigenvalue weighted by Crippen LogP contribution is -2.46. The second-order valence-corrected chi connectivity index (χ2v) is 6.83. The minimum atomic E-state index is -0.113. The Labute approximate surface area is 156 Å². The molecule has 0 spiro atoms. The van der Waals surface area contributed by atoms with Gasteiger partial charge in [0, 0.05) is 37.6 Å². The van der Waals surface area contributed by atoms with Gasteiger partial charge in [-0.15, -0.1) is 0 Å². The van der Waals surface area contributed by atoms with Crippen molar-refractivity contribution in [2.45, 2.75) is 26.2 Å². The Bertz CT molecular complexity index is 691. The maximum atomic E-state index is 12.7. The van der Waals surface area contributed by atoms with Crippen LogP contribution in [0.2, 0.25) is 0 Å². The molecule has 1 aliphatic heterocycles. The van der Waals surface area contributed by atoms with E-state index < -0.39 is 0 Å². The van der Waals surface area contributed by atoms with Crippen molar-refractivity contribution in [1.29, 1.82) is 0 Å². The van der Waals surface area contributed by atoms with E-state index in [0.717, 1.165) is 50.4 Å². The summed E-state index contributed by atoms with van der Waals surface area (Å²) in [6.07, 6.45) is 0.787. The molecule has 26 heavy (non-hydrogen) atoms. The molecule has 3 rings (SSSR count). The number of carbonyl (C=O) groups excluding carboxylic acids is 1. The Morgan fingerprint density at radius 3 is 2.19 bits per heavy atom. The Morgan fingerprint density at radius 2 is 1.62 bits per heavy atom. The second-order valence-electron chi connectivity index (χ2n) is 6.83. The molecule has 0 saturated carbocycles. The van der Waals surface area contributed by atoms with Crippen molar-refractivity contribution in [2.75, 3.05) is 42.9 Å². The van der Waals surface area contributed by atoms with Crippen LogP contribution in [-0.4, -0.2) is 43.5 Å². The van der Waals surface area contributed by atoms with Crippen molar-refractivity contribution >= 4 is 17.3 Å². The molecule has 1 saturated heterocycles. The minimum Gasteiger partial charge on any atom is -0.369 e. The average Bonchev–Trinajstić information content (AvgIpc) is 2.70. The van der Waals surface area contributed by atoms with Crippen LogP contribution < -0.4 is 10.2 Å². The second kappa shape index (κ2) is 8.86. The van der Waals surface area contributed by atoms with E-state index in [-0.39, 0.29) is 11.8 Å². The number of likely N-dealkylation sites (N-methyl/N-ethyl adjacent to an activating group) is 1. The third-order valence-corrected chi connectivity index (χ3v) is 5.25. The first kappa shape index (κ1) is 18.5. The van der Waals surface area contributed by atoms with Gasteiger partial charge in [-0.3, -0.25) is 4.79 Å². The van der Waals surface area contributed by atoms with Crippen LogP contribution in [0.15, 0.2) is 54.6 Å². The number of carbonyl (C=O) groups is 1. The normalized spacial score (nSPS) is 16.3. The molecule has 138 valence electrons. The number of benzene rings is 2. The van der Waals surface area contributed by atoms with Crippen molar-refractivity contribution in [1.82, 2.24) is 4.90 Å². The van der Waals surface area contributed by atoms with Gasteiger partial charge >= 0.3 is 0 Å². The third-order valence-electron chi connectivity index (χ3n) is 5.25. The number of nitrogens with one attached hydrogen (secondary N) is 1. The topological polar surface area (TPSA) is 35.6 Å². The van der Waals surface area contributed by atoms with E-state index >= 15 is 0 Å². The number of rotatable bonds is 6. The Morgan fingerprint density at radius 1 is 0.962 bits per heavy atom. The van der Waals surface area contributed by atoms with Gasteiger partial charge in [-0.2, -0.15) is 0 Å². The highest BCUT2D eigenvalue weighted by Gasteiger charge is 2.19. The van der Waals surface area contributed by atoms with Gasteiger partial charge in [0.2, 0.25) is 5.91 Å². The van der Waals surface area contributed by atoms with Gasteiger partial charge in [0.05, 0.1) is 5.92 Å². The van der Waals surface area contributed by atoms with Gasteiger partial charge in [0.1, 0.15) is 0 Å². The summed E-state index contributed by atoms with van der Waals surface area (Å²) in [5.41, 5.74) is 3.16. The first-order valence-corrected chi connectivity index (χ1v) is 9.64. The van der Waals surface area contributed by atoms with Crippen LogP contribution in [0.5, 0.6) is 0 Å². The van der Waals surface area contributed by atoms with E-state index in [0.29, 0.717) is 0 Å². The highest BCUT2D eigenvalue weighted by Crippen LogP contribution is 2.23. The molecular formula is C22H29N3O. The molecule has 1 amide bonds. The lowest BCUT2D eigenvalue weighted by molar-refractivity contribution is -0.117. The predicted octanol–water partition coefficient (Wildman–Crippen LogP) is 3.96. The summed E-state index contributed by atoms with van der Waals surface area (Å²) in [5, 5.41) is 3.07. The zero-order valence-electron chi connectivity index (χ0n) is 15.8. The first-order chi connectivity index (χ1) is 12.7. The molecular weight excluding hydrogens is 322 g/mol. The van der Waals surface area contributed by atoms with E-state index in [1.807, 2.05) is 42.5 Å². The molecule has 1 heterocycles. The van der Waals surface area contributed by atoms with E-state index in [2.05, 4.69) is 41.1 Å². The molecule has 4 nitrogen and oxygen atoms in total. The molecule has 2 aromatic rings. The zero-order chi connectivity index (χ0) is 18.4. The highest BCUT2D eigenvalue weighted by molar-refractivity contribution is 5.95. The van der Waals surface area contributed by atoms with Crippen molar-refractivity contribution in [2.24, 2.45) is 0 Å². The molecule has 1 aliphatic rings. The van der Waals surface area contributed by atoms with Crippen LogP contribution in [-0.2, 0) is 4.79 Å². The summed E-state index contributed by atoms with van der Waals surface area (Å²) in [4.78, 5) is 17.6. The molecule has 0 radical (unpaired) electrons. The first-order valence-electron chi connectivity index (χ1n) is 9.64. The quantitative estimate of drug-likeness (QED) is 0.856. The van der Waals surface area contributed by atoms with Crippen molar-refractivity contribution in [3.05, 3.63) is 60.2 Å². The molecule has 1 N–H and O–H groups in total. The van der Waals surface area contributed by atoms with Crippen molar-refractivity contribution in [3.8, 4) is 0 Å². The maximum Gasteiger partial charge on any atom is 0.231 e. The Kier molecular flexibility index (Phi) is 6.29. The Hall–Kier alpha value is -2.33. The largest absolute Gasteiger partial charge is 0.369 e. The average molecular weight is 351 g/mol. The van der Waals surface area contributed by atoms with Gasteiger partial charge in [-0.05, 0) is 42.8 Å². The SMILES string of the molecule is CCC(C(=O)Nc1ccc(N2CCN(CC)CC2)cc1)c1ccccc1. The van der Waals surface area contributed by atoms with Crippen LogP contribution in [0.1, 0.15) is 31.7 Å². The number of hydrogen-bond donors (Lipinski definition) is 1. The van der Waals surface area contributed by atoms with Gasteiger partial charge in [0.15, 0.2) is 0 Å². The van der Waals surface area contributed by atoms with Crippen LogP contribution in [0, 0.1) is 0 Å². The summed E-state index contributed by atoms with van der Waals surface area (Å²) in [6, 6.07) is 18.2. The standard InChI is InChI=1S/C22H29N3O/c1-3-21(18-8-6-5-7-9-18)22(26)23-19-10-12-20(13-11-19)25-16-14-24(4-2)15-17-25/h5-13,21H,3-4,14-17H2,1-2H3,(H,23,26). The van der Waals surface area contributed by atoms with Gasteiger partial charge in [0.25, 0.3) is 0 Å².